The quantitative estimate of drug-likeness (QED) is 0.894. The van der Waals surface area contributed by atoms with Gasteiger partial charge >= 0.3 is 0 Å². The Balaban J connectivity index is 2.31. The number of pyridine rings is 1. The van der Waals surface area contributed by atoms with Gasteiger partial charge in [0.25, 0.3) is 10.0 Å². The third-order valence-electron chi connectivity index (χ3n) is 2.38. The number of aryl methyl sites for hydroxylation is 1. The van der Waals surface area contributed by atoms with E-state index in [1.807, 2.05) is 6.92 Å². The van der Waals surface area contributed by atoms with Crippen molar-refractivity contribution in [2.75, 3.05) is 4.72 Å². The molecule has 3 N–H and O–H groups in total. The van der Waals surface area contributed by atoms with Crippen LogP contribution in [0.1, 0.15) is 10.4 Å². The van der Waals surface area contributed by atoms with Crippen LogP contribution >= 0.6 is 11.3 Å². The van der Waals surface area contributed by atoms with Gasteiger partial charge in [-0.05, 0) is 30.7 Å². The Morgan fingerprint density at radius 3 is 2.61 bits per heavy atom. The molecular formula is C11H13N3O2S2. The molecule has 2 aromatic heterocycles. The van der Waals surface area contributed by atoms with E-state index in [9.17, 15) is 8.42 Å². The fourth-order valence-corrected chi connectivity index (χ4v) is 3.98. The van der Waals surface area contributed by atoms with Crippen molar-refractivity contribution in [2.45, 2.75) is 17.7 Å². The van der Waals surface area contributed by atoms with Gasteiger partial charge in [0, 0.05) is 23.8 Å². The smallest absolute Gasteiger partial charge is 0.271 e. The van der Waals surface area contributed by atoms with Crippen LogP contribution in [0, 0.1) is 6.92 Å². The van der Waals surface area contributed by atoms with Gasteiger partial charge in [0.1, 0.15) is 4.21 Å². The summed E-state index contributed by atoms with van der Waals surface area (Å²) < 4.78 is 27.0. The van der Waals surface area contributed by atoms with Crippen LogP contribution in [0.4, 0.5) is 5.69 Å². The Labute approximate surface area is 110 Å². The van der Waals surface area contributed by atoms with E-state index in [-0.39, 0.29) is 4.21 Å². The van der Waals surface area contributed by atoms with E-state index in [1.165, 1.54) is 23.7 Å². The van der Waals surface area contributed by atoms with Gasteiger partial charge in [-0.3, -0.25) is 9.71 Å². The molecule has 0 bridgehead atoms. The zero-order chi connectivity index (χ0) is 13.2. The molecule has 5 nitrogen and oxygen atoms in total. The van der Waals surface area contributed by atoms with Gasteiger partial charge in [-0.25, -0.2) is 8.42 Å². The van der Waals surface area contributed by atoms with Gasteiger partial charge in [-0.2, -0.15) is 0 Å². The molecule has 0 aliphatic carbocycles. The van der Waals surface area contributed by atoms with Crippen LogP contribution in [-0.4, -0.2) is 13.4 Å². The largest absolute Gasteiger partial charge is 0.326 e. The monoisotopic (exact) mass is 283 g/mol. The van der Waals surface area contributed by atoms with E-state index >= 15 is 0 Å². The second-order valence-electron chi connectivity index (χ2n) is 3.72. The van der Waals surface area contributed by atoms with E-state index < -0.39 is 10.0 Å². The number of aromatic nitrogens is 1. The van der Waals surface area contributed by atoms with Crippen LogP contribution in [0.2, 0.25) is 0 Å². The highest BCUT2D eigenvalue weighted by Crippen LogP contribution is 2.27. The molecule has 0 radical (unpaired) electrons. The minimum absolute atomic E-state index is 0.275. The molecule has 0 aliphatic heterocycles. The molecule has 0 amide bonds. The number of hydrogen-bond acceptors (Lipinski definition) is 5. The van der Waals surface area contributed by atoms with E-state index in [0.717, 1.165) is 10.4 Å². The molecule has 2 aromatic rings. The van der Waals surface area contributed by atoms with Crippen LogP contribution in [0.3, 0.4) is 0 Å². The van der Waals surface area contributed by atoms with Crippen LogP contribution in [0.25, 0.3) is 0 Å². The minimum atomic E-state index is -3.54. The van der Waals surface area contributed by atoms with Crippen molar-refractivity contribution in [2.24, 2.45) is 5.73 Å². The lowest BCUT2D eigenvalue weighted by molar-refractivity contribution is 0.603. The molecule has 0 saturated heterocycles. The molecule has 0 atom stereocenters. The van der Waals surface area contributed by atoms with E-state index in [4.69, 9.17) is 5.73 Å². The van der Waals surface area contributed by atoms with Gasteiger partial charge < -0.3 is 5.73 Å². The van der Waals surface area contributed by atoms with Crippen LogP contribution in [-0.2, 0) is 16.6 Å². The Kier molecular flexibility index (Phi) is 3.65. The fraction of sp³-hybridized carbons (Fsp3) is 0.182. The van der Waals surface area contributed by atoms with Gasteiger partial charge in [-0.1, -0.05) is 0 Å². The average Bonchev–Trinajstić information content (AvgIpc) is 2.72. The predicted octanol–water partition coefficient (Wildman–Crippen LogP) is 1.71. The summed E-state index contributed by atoms with van der Waals surface area (Å²) in [5.41, 5.74) is 6.94. The number of nitrogens with one attached hydrogen (secondary N) is 1. The lowest BCUT2D eigenvalue weighted by atomic mass is 10.3. The summed E-state index contributed by atoms with van der Waals surface area (Å²) in [6.45, 7) is 2.20. The molecule has 0 aliphatic rings. The number of thiophene rings is 1. The van der Waals surface area contributed by atoms with Gasteiger partial charge in [-0.15, -0.1) is 11.3 Å². The maximum Gasteiger partial charge on any atom is 0.271 e. The van der Waals surface area contributed by atoms with Crippen molar-refractivity contribution in [3.63, 3.8) is 0 Å². The number of nitrogens with two attached hydrogens (primary N) is 1. The highest BCUT2D eigenvalue weighted by Gasteiger charge is 2.18. The molecule has 0 unspecified atom stereocenters. The number of nitrogens with zero attached hydrogens (tertiary/aromatic N) is 1. The molecule has 7 heteroatoms. The average molecular weight is 283 g/mol. The van der Waals surface area contributed by atoms with Gasteiger partial charge in [0.2, 0.25) is 0 Å². The van der Waals surface area contributed by atoms with Crippen molar-refractivity contribution in [1.82, 2.24) is 4.98 Å². The fourth-order valence-electron chi connectivity index (χ4n) is 1.45. The second kappa shape index (κ2) is 5.05. The summed E-state index contributed by atoms with van der Waals surface area (Å²) in [7, 11) is -3.54. The maximum atomic E-state index is 12.1. The summed E-state index contributed by atoms with van der Waals surface area (Å²) in [4.78, 5) is 4.71. The number of rotatable bonds is 4. The van der Waals surface area contributed by atoms with Crippen LogP contribution < -0.4 is 10.5 Å². The summed E-state index contributed by atoms with van der Waals surface area (Å²) in [5, 5.41) is 0. The zero-order valence-corrected chi connectivity index (χ0v) is 11.4. The lowest BCUT2D eigenvalue weighted by Gasteiger charge is -2.04. The SMILES string of the molecule is Cc1cc(S(=O)(=O)Nc2ccncc2)sc1CN. The van der Waals surface area contributed by atoms with E-state index in [0.29, 0.717) is 12.2 Å². The molecule has 0 spiro atoms. The summed E-state index contributed by atoms with van der Waals surface area (Å²) in [6.07, 6.45) is 3.06. The Morgan fingerprint density at radius 2 is 2.06 bits per heavy atom. The molecule has 18 heavy (non-hydrogen) atoms. The molecule has 0 saturated carbocycles. The van der Waals surface area contributed by atoms with Crippen molar-refractivity contribution in [3.05, 3.63) is 41.0 Å². The van der Waals surface area contributed by atoms with Crippen LogP contribution in [0.5, 0.6) is 0 Å². The third-order valence-corrected chi connectivity index (χ3v) is 5.50. The van der Waals surface area contributed by atoms with Crippen LogP contribution in [0.15, 0.2) is 34.8 Å². The van der Waals surface area contributed by atoms with E-state index in [2.05, 4.69) is 9.71 Å². The Morgan fingerprint density at radius 1 is 1.39 bits per heavy atom. The molecule has 2 rings (SSSR count). The third kappa shape index (κ3) is 2.69. The zero-order valence-electron chi connectivity index (χ0n) is 9.75. The molecule has 2 heterocycles. The number of hydrogen-bond donors (Lipinski definition) is 2. The van der Waals surface area contributed by atoms with E-state index in [1.54, 1.807) is 18.2 Å². The molecule has 96 valence electrons. The van der Waals surface area contributed by atoms with Crippen molar-refractivity contribution in [3.8, 4) is 0 Å². The first-order chi connectivity index (χ1) is 8.53. The number of sulfonamides is 1. The highest BCUT2D eigenvalue weighted by molar-refractivity contribution is 7.94. The number of anilines is 1. The first-order valence-electron chi connectivity index (χ1n) is 5.25. The standard InChI is InChI=1S/C11H13N3O2S2/c1-8-6-11(17-10(8)7-12)18(15,16)14-9-2-4-13-5-3-9/h2-6H,7,12H2,1H3,(H,13,14). The topological polar surface area (TPSA) is 85.1 Å². The summed E-state index contributed by atoms with van der Waals surface area (Å²) in [6, 6.07) is 4.83. The van der Waals surface area contributed by atoms with Crippen molar-refractivity contribution < 1.29 is 8.42 Å². The van der Waals surface area contributed by atoms with Gasteiger partial charge in [0.15, 0.2) is 0 Å². The summed E-state index contributed by atoms with van der Waals surface area (Å²) >= 11 is 1.19. The first kappa shape index (κ1) is 13.0. The second-order valence-corrected chi connectivity index (χ2v) is 6.76. The summed E-state index contributed by atoms with van der Waals surface area (Å²) in [5.74, 6) is 0. The van der Waals surface area contributed by atoms with Crippen molar-refractivity contribution in [1.29, 1.82) is 0 Å². The lowest BCUT2D eigenvalue weighted by Crippen LogP contribution is -2.11. The predicted molar refractivity (Wildman–Crippen MR) is 72.0 cm³/mol. The first-order valence-corrected chi connectivity index (χ1v) is 7.55. The Bertz CT molecular complexity index is 636. The molecular weight excluding hydrogens is 270 g/mol. The minimum Gasteiger partial charge on any atom is -0.326 e. The van der Waals surface area contributed by atoms with Gasteiger partial charge in [0.05, 0.1) is 5.69 Å². The maximum absolute atomic E-state index is 12.1. The normalized spacial score (nSPS) is 11.4. The highest BCUT2D eigenvalue weighted by atomic mass is 32.2. The molecule has 0 fully saturated rings. The Hall–Kier alpha value is -1.44. The molecule has 0 aromatic carbocycles. The van der Waals surface area contributed by atoms with Crippen molar-refractivity contribution >= 4 is 27.0 Å².